The molecule has 0 unspecified atom stereocenters. The number of halogens is 2. The number of anilines is 2. The van der Waals surface area contributed by atoms with Gasteiger partial charge in [-0.3, -0.25) is 9.59 Å². The fourth-order valence-electron chi connectivity index (χ4n) is 5.19. The molecule has 2 aromatic carbocycles. The number of fused-ring (bicyclic) bond motifs is 6. The minimum atomic E-state index is 0.147. The average molecular weight is 650 g/mol. The Morgan fingerprint density at radius 2 is 1.09 bits per heavy atom. The molecule has 0 saturated heterocycles. The van der Waals surface area contributed by atoms with Crippen molar-refractivity contribution in [1.29, 1.82) is 0 Å². The Balaban J connectivity index is 0.000000135. The number of benzene rings is 2. The molecule has 6 rings (SSSR count). The van der Waals surface area contributed by atoms with Gasteiger partial charge in [0.1, 0.15) is 0 Å². The number of para-hydroxylation sites is 2. The van der Waals surface area contributed by atoms with Gasteiger partial charge in [0, 0.05) is 49.9 Å². The summed E-state index contributed by atoms with van der Waals surface area (Å²) < 4.78 is 2.91. The summed E-state index contributed by atoms with van der Waals surface area (Å²) in [5, 5.41) is 0. The predicted octanol–water partition coefficient (Wildman–Crippen LogP) is 6.44. The van der Waals surface area contributed by atoms with E-state index in [9.17, 15) is 9.59 Å². The zero-order chi connectivity index (χ0) is 22.6. The van der Waals surface area contributed by atoms with E-state index in [0.717, 1.165) is 37.3 Å². The average Bonchev–Trinajstić information content (AvgIpc) is 2.75. The van der Waals surface area contributed by atoms with Gasteiger partial charge in [0.15, 0.2) is 0 Å². The van der Waals surface area contributed by atoms with Crippen LogP contribution in [0.2, 0.25) is 0 Å². The van der Waals surface area contributed by atoms with Crippen molar-refractivity contribution in [3.05, 3.63) is 66.8 Å². The zero-order valence-electron chi connectivity index (χ0n) is 18.1. The number of hydrogen-bond acceptors (Lipinski definition) is 2. The number of carbonyl (C=O) groups is 2. The van der Waals surface area contributed by atoms with Crippen molar-refractivity contribution in [3.8, 4) is 0 Å². The van der Waals surface area contributed by atoms with Crippen LogP contribution in [0, 0.1) is 11.8 Å². The lowest BCUT2D eigenvalue weighted by Crippen LogP contribution is -2.40. The lowest BCUT2D eigenvalue weighted by atomic mass is 9.76. The first kappa shape index (κ1) is 22.1. The van der Waals surface area contributed by atoms with Gasteiger partial charge in [-0.1, -0.05) is 36.4 Å². The van der Waals surface area contributed by atoms with Crippen LogP contribution in [0.15, 0.2) is 55.7 Å². The Morgan fingerprint density at radius 1 is 0.719 bits per heavy atom. The smallest absolute Gasteiger partial charge is 0.223 e. The molecule has 164 valence electrons. The highest BCUT2D eigenvalue weighted by Crippen LogP contribution is 2.52. The van der Waals surface area contributed by atoms with E-state index in [-0.39, 0.29) is 11.8 Å². The number of carbonyl (C=O) groups excluding carboxylic acids is 2. The van der Waals surface area contributed by atoms with Crippen molar-refractivity contribution in [1.82, 2.24) is 0 Å². The molecule has 0 saturated carbocycles. The van der Waals surface area contributed by atoms with Crippen molar-refractivity contribution < 1.29 is 9.59 Å². The number of hydrogen-bond donors (Lipinski definition) is 0. The Bertz CT molecular complexity index is 1110. The molecule has 2 atom stereocenters. The standard InChI is InChI=1S/2C13H12INO/c2*1-8(16)15-7-9-6-11(14)13(9)10-4-2-3-5-12(10)15/h2*2-5,9H,6-7H2,1H3/t2*9-/m10/s1. The monoisotopic (exact) mass is 650 g/mol. The highest BCUT2D eigenvalue weighted by molar-refractivity contribution is 14.1. The summed E-state index contributed by atoms with van der Waals surface area (Å²) in [6.07, 6.45) is 2.27. The molecule has 2 heterocycles. The molecule has 2 aliphatic carbocycles. The number of nitrogens with zero attached hydrogens (tertiary/aromatic N) is 2. The summed E-state index contributed by atoms with van der Waals surface area (Å²) >= 11 is 4.85. The lowest BCUT2D eigenvalue weighted by molar-refractivity contribution is -0.117. The highest BCUT2D eigenvalue weighted by Gasteiger charge is 2.38. The third-order valence-electron chi connectivity index (χ3n) is 6.79. The van der Waals surface area contributed by atoms with Gasteiger partial charge < -0.3 is 9.80 Å². The first-order valence-corrected chi connectivity index (χ1v) is 13.0. The first-order chi connectivity index (χ1) is 15.4. The minimum Gasteiger partial charge on any atom is -0.311 e. The quantitative estimate of drug-likeness (QED) is 0.309. The van der Waals surface area contributed by atoms with E-state index in [1.807, 2.05) is 34.1 Å². The second kappa shape index (κ2) is 8.59. The normalized spacial score (nSPS) is 22.4. The van der Waals surface area contributed by atoms with Crippen LogP contribution >= 0.6 is 45.2 Å². The Kier molecular flexibility index (Phi) is 5.94. The van der Waals surface area contributed by atoms with Crippen LogP contribution < -0.4 is 9.80 Å². The maximum absolute atomic E-state index is 11.6. The van der Waals surface area contributed by atoms with Crippen molar-refractivity contribution in [2.75, 3.05) is 22.9 Å². The molecule has 0 radical (unpaired) electrons. The minimum absolute atomic E-state index is 0.147. The molecule has 0 fully saturated rings. The Hall–Kier alpha value is -1.68. The molecule has 4 aliphatic rings. The van der Waals surface area contributed by atoms with Crippen molar-refractivity contribution in [2.45, 2.75) is 26.7 Å². The molecule has 6 heteroatoms. The van der Waals surface area contributed by atoms with Gasteiger partial charge in [-0.05, 0) is 88.5 Å². The van der Waals surface area contributed by atoms with Crippen LogP contribution in [-0.2, 0) is 9.59 Å². The van der Waals surface area contributed by atoms with Gasteiger partial charge in [0.05, 0.1) is 11.4 Å². The summed E-state index contributed by atoms with van der Waals surface area (Å²) in [5.74, 6) is 1.42. The maximum atomic E-state index is 11.6. The topological polar surface area (TPSA) is 40.6 Å². The summed E-state index contributed by atoms with van der Waals surface area (Å²) in [6, 6.07) is 16.4. The van der Waals surface area contributed by atoms with Crippen molar-refractivity contribution in [3.63, 3.8) is 0 Å². The largest absolute Gasteiger partial charge is 0.311 e. The van der Waals surface area contributed by atoms with E-state index in [2.05, 4.69) is 69.4 Å². The molecule has 0 N–H and O–H groups in total. The molecule has 2 aromatic rings. The molecule has 4 nitrogen and oxygen atoms in total. The van der Waals surface area contributed by atoms with E-state index in [0.29, 0.717) is 11.8 Å². The lowest BCUT2D eigenvalue weighted by Gasteiger charge is -2.41. The summed E-state index contributed by atoms with van der Waals surface area (Å²) in [6.45, 7) is 5.01. The molecule has 0 spiro atoms. The third-order valence-corrected chi connectivity index (χ3v) is 8.83. The number of allylic oxidation sites excluding steroid dienone is 2. The molecular formula is C26H24I2N2O2. The van der Waals surface area contributed by atoms with E-state index < -0.39 is 0 Å². The fourth-order valence-corrected chi connectivity index (χ4v) is 7.71. The van der Waals surface area contributed by atoms with Crippen molar-refractivity contribution in [2.24, 2.45) is 11.8 Å². The fraction of sp³-hybridized carbons (Fsp3) is 0.308. The van der Waals surface area contributed by atoms with Gasteiger partial charge in [0.2, 0.25) is 11.8 Å². The summed E-state index contributed by atoms with van der Waals surface area (Å²) in [5.41, 5.74) is 7.60. The Morgan fingerprint density at radius 3 is 1.44 bits per heavy atom. The second-order valence-corrected chi connectivity index (χ2v) is 11.3. The van der Waals surface area contributed by atoms with Crippen LogP contribution in [0.5, 0.6) is 0 Å². The zero-order valence-corrected chi connectivity index (χ0v) is 22.4. The van der Waals surface area contributed by atoms with Gasteiger partial charge in [0.25, 0.3) is 0 Å². The first-order valence-electron chi connectivity index (χ1n) is 10.9. The molecule has 0 aromatic heterocycles. The van der Waals surface area contributed by atoms with Gasteiger partial charge >= 0.3 is 0 Å². The van der Waals surface area contributed by atoms with Crippen LogP contribution in [0.3, 0.4) is 0 Å². The van der Waals surface area contributed by atoms with Crippen LogP contribution in [-0.4, -0.2) is 24.9 Å². The number of rotatable bonds is 0. The van der Waals surface area contributed by atoms with Crippen LogP contribution in [0.25, 0.3) is 11.1 Å². The van der Waals surface area contributed by atoms with Gasteiger partial charge in [-0.2, -0.15) is 0 Å². The second-order valence-electron chi connectivity index (χ2n) is 8.73. The van der Waals surface area contributed by atoms with Gasteiger partial charge in [-0.25, -0.2) is 0 Å². The molecule has 2 amide bonds. The van der Waals surface area contributed by atoms with E-state index in [1.54, 1.807) is 13.8 Å². The molecular weight excluding hydrogens is 626 g/mol. The van der Waals surface area contributed by atoms with Gasteiger partial charge in [-0.15, -0.1) is 0 Å². The molecule has 2 aliphatic heterocycles. The Labute approximate surface area is 216 Å². The number of amides is 2. The van der Waals surface area contributed by atoms with Crippen LogP contribution in [0.1, 0.15) is 37.8 Å². The summed E-state index contributed by atoms with van der Waals surface area (Å²) in [4.78, 5) is 27.1. The predicted molar refractivity (Wildman–Crippen MR) is 147 cm³/mol. The van der Waals surface area contributed by atoms with Crippen molar-refractivity contribution >= 4 is 79.5 Å². The maximum Gasteiger partial charge on any atom is 0.223 e. The highest BCUT2D eigenvalue weighted by atomic mass is 127. The van der Waals surface area contributed by atoms with E-state index in [1.165, 1.54) is 29.4 Å². The third kappa shape index (κ3) is 3.63. The summed E-state index contributed by atoms with van der Waals surface area (Å²) in [7, 11) is 0. The molecule has 32 heavy (non-hydrogen) atoms. The van der Waals surface area contributed by atoms with Crippen LogP contribution in [0.4, 0.5) is 11.4 Å². The molecule has 0 bridgehead atoms. The van der Waals surface area contributed by atoms with E-state index in [4.69, 9.17) is 0 Å². The SMILES string of the molecule is CC(=O)N1C[C@@H]2CC(I)=C2c2ccccc21.CC(=O)N1C[C@H]2CC(I)=C2c2ccccc21. The van der Waals surface area contributed by atoms with E-state index >= 15 is 0 Å².